The Morgan fingerprint density at radius 2 is 1.76 bits per heavy atom. The second-order valence-electron chi connectivity index (χ2n) is 6.07. The van der Waals surface area contributed by atoms with Crippen molar-refractivity contribution in [2.45, 2.75) is 19.4 Å². The van der Waals surface area contributed by atoms with Crippen molar-refractivity contribution in [2.24, 2.45) is 10.7 Å². The number of nitrogens with zero attached hydrogens (tertiary/aromatic N) is 2. The summed E-state index contributed by atoms with van der Waals surface area (Å²) in [5, 5.41) is 12.1. The summed E-state index contributed by atoms with van der Waals surface area (Å²) in [6, 6.07) is 13.3. The number of phenolic OH excluding ortho intramolecular Hbond substituents is 1. The van der Waals surface area contributed by atoms with Crippen molar-refractivity contribution >= 4 is 23.1 Å². The molecule has 6 nitrogen and oxygen atoms in total. The fourth-order valence-electron chi connectivity index (χ4n) is 2.12. The van der Waals surface area contributed by atoms with Gasteiger partial charge in [0, 0.05) is 19.8 Å². The van der Waals surface area contributed by atoms with Crippen LogP contribution in [0.3, 0.4) is 0 Å². The van der Waals surface area contributed by atoms with Crippen LogP contribution in [0.15, 0.2) is 53.5 Å². The minimum Gasteiger partial charge on any atom is -0.508 e. The van der Waals surface area contributed by atoms with Gasteiger partial charge in [0.05, 0.1) is 11.7 Å². The van der Waals surface area contributed by atoms with E-state index in [4.69, 9.17) is 5.73 Å². The number of phenols is 1. The molecule has 1 amide bonds. The standard InChI is InChI=1S/C19H24N4O2/c1-13(23(2)3)21-15-6-8-16(9-7-15)22-19(25)18(20)12-14-4-10-17(24)11-5-14/h4-11,18,24H,12,20H2,1-3H3,(H,22,25). The average molecular weight is 340 g/mol. The number of nitrogens with one attached hydrogen (secondary N) is 1. The highest BCUT2D eigenvalue weighted by Gasteiger charge is 2.14. The maximum Gasteiger partial charge on any atom is 0.241 e. The first kappa shape index (κ1) is 18.5. The molecule has 0 bridgehead atoms. The minimum atomic E-state index is -0.668. The molecular weight excluding hydrogens is 316 g/mol. The lowest BCUT2D eigenvalue weighted by atomic mass is 10.1. The van der Waals surface area contributed by atoms with Crippen molar-refractivity contribution in [1.82, 2.24) is 4.90 Å². The number of benzene rings is 2. The Kier molecular flexibility index (Phi) is 6.14. The van der Waals surface area contributed by atoms with Crippen LogP contribution >= 0.6 is 0 Å². The van der Waals surface area contributed by atoms with Crippen LogP contribution in [0, 0.1) is 0 Å². The lowest BCUT2D eigenvalue weighted by molar-refractivity contribution is -0.117. The molecule has 0 spiro atoms. The van der Waals surface area contributed by atoms with Crippen molar-refractivity contribution < 1.29 is 9.90 Å². The Hall–Kier alpha value is -2.86. The molecule has 2 rings (SSSR count). The number of aromatic hydroxyl groups is 1. The largest absolute Gasteiger partial charge is 0.508 e. The fourth-order valence-corrected chi connectivity index (χ4v) is 2.12. The Morgan fingerprint density at radius 1 is 1.16 bits per heavy atom. The van der Waals surface area contributed by atoms with Crippen molar-refractivity contribution in [3.63, 3.8) is 0 Å². The third-order valence-corrected chi connectivity index (χ3v) is 3.80. The smallest absolute Gasteiger partial charge is 0.241 e. The van der Waals surface area contributed by atoms with E-state index in [0.717, 1.165) is 17.1 Å². The van der Waals surface area contributed by atoms with Gasteiger partial charge in [0.2, 0.25) is 5.91 Å². The van der Waals surface area contributed by atoms with Gasteiger partial charge in [0.15, 0.2) is 0 Å². The van der Waals surface area contributed by atoms with Gasteiger partial charge in [0.25, 0.3) is 0 Å². The van der Waals surface area contributed by atoms with Gasteiger partial charge >= 0.3 is 0 Å². The summed E-state index contributed by atoms with van der Waals surface area (Å²) < 4.78 is 0. The summed E-state index contributed by atoms with van der Waals surface area (Å²) in [7, 11) is 3.87. The Labute approximate surface area is 148 Å². The van der Waals surface area contributed by atoms with Gasteiger partial charge in [-0.1, -0.05) is 12.1 Å². The molecule has 6 heteroatoms. The summed E-state index contributed by atoms with van der Waals surface area (Å²) >= 11 is 0. The molecule has 2 aromatic carbocycles. The lowest BCUT2D eigenvalue weighted by Crippen LogP contribution is -2.37. The first-order valence-electron chi connectivity index (χ1n) is 8.02. The van der Waals surface area contributed by atoms with E-state index in [0.29, 0.717) is 12.1 Å². The lowest BCUT2D eigenvalue weighted by Gasteiger charge is -2.13. The average Bonchev–Trinajstić information content (AvgIpc) is 2.58. The number of hydrogen-bond acceptors (Lipinski definition) is 4. The molecule has 25 heavy (non-hydrogen) atoms. The maximum absolute atomic E-state index is 12.2. The zero-order valence-electron chi connectivity index (χ0n) is 14.7. The van der Waals surface area contributed by atoms with Crippen molar-refractivity contribution in [1.29, 1.82) is 0 Å². The van der Waals surface area contributed by atoms with Crippen molar-refractivity contribution in [3.8, 4) is 5.75 Å². The van der Waals surface area contributed by atoms with Gasteiger partial charge in [-0.25, -0.2) is 4.99 Å². The van der Waals surface area contributed by atoms with Gasteiger partial charge in [-0.2, -0.15) is 0 Å². The number of carbonyl (C=O) groups is 1. The molecule has 0 aliphatic rings. The third kappa shape index (κ3) is 5.61. The molecule has 0 fully saturated rings. The van der Waals surface area contributed by atoms with Gasteiger partial charge in [0.1, 0.15) is 11.6 Å². The molecule has 4 N–H and O–H groups in total. The quantitative estimate of drug-likeness (QED) is 0.576. The zero-order chi connectivity index (χ0) is 18.4. The molecule has 0 aliphatic heterocycles. The number of nitrogens with two attached hydrogens (primary N) is 1. The molecule has 2 aromatic rings. The number of hydrogen-bond donors (Lipinski definition) is 3. The molecule has 0 heterocycles. The summed E-state index contributed by atoms with van der Waals surface area (Å²) in [5.41, 5.74) is 8.35. The second kappa shape index (κ2) is 8.30. The van der Waals surface area contributed by atoms with E-state index in [2.05, 4.69) is 10.3 Å². The monoisotopic (exact) mass is 340 g/mol. The summed E-state index contributed by atoms with van der Waals surface area (Å²) in [6.45, 7) is 1.93. The molecule has 0 saturated heterocycles. The van der Waals surface area contributed by atoms with Gasteiger partial charge in [-0.05, 0) is 55.3 Å². The van der Waals surface area contributed by atoms with Crippen LogP contribution in [0.1, 0.15) is 12.5 Å². The SMILES string of the molecule is CC(=Nc1ccc(NC(=O)C(N)Cc2ccc(O)cc2)cc1)N(C)C. The van der Waals surface area contributed by atoms with E-state index in [1.165, 1.54) is 0 Å². The number of rotatable bonds is 5. The highest BCUT2D eigenvalue weighted by molar-refractivity contribution is 5.95. The number of amidine groups is 1. The Bertz CT molecular complexity index is 737. The van der Waals surface area contributed by atoms with Gasteiger partial charge < -0.3 is 21.1 Å². The molecule has 1 atom stereocenters. The van der Waals surface area contributed by atoms with Crippen LogP contribution in [-0.4, -0.2) is 41.9 Å². The maximum atomic E-state index is 12.2. The van der Waals surface area contributed by atoms with E-state index in [9.17, 15) is 9.90 Å². The van der Waals surface area contributed by atoms with E-state index in [1.54, 1.807) is 36.4 Å². The van der Waals surface area contributed by atoms with Crippen LogP contribution in [0.5, 0.6) is 5.75 Å². The normalized spacial score (nSPS) is 12.6. The first-order chi connectivity index (χ1) is 11.8. The Morgan fingerprint density at radius 3 is 2.32 bits per heavy atom. The van der Waals surface area contributed by atoms with Crippen LogP contribution in [0.2, 0.25) is 0 Å². The molecular formula is C19H24N4O2. The van der Waals surface area contributed by atoms with E-state index < -0.39 is 6.04 Å². The van der Waals surface area contributed by atoms with Crippen LogP contribution < -0.4 is 11.1 Å². The summed E-state index contributed by atoms with van der Waals surface area (Å²) in [6.07, 6.45) is 0.399. The topological polar surface area (TPSA) is 91.0 Å². The predicted molar refractivity (Wildman–Crippen MR) is 101 cm³/mol. The summed E-state index contributed by atoms with van der Waals surface area (Å²) in [5.74, 6) is 0.829. The number of anilines is 1. The van der Waals surface area contributed by atoms with E-state index >= 15 is 0 Å². The molecule has 0 radical (unpaired) electrons. The summed E-state index contributed by atoms with van der Waals surface area (Å²) in [4.78, 5) is 18.6. The zero-order valence-corrected chi connectivity index (χ0v) is 14.7. The number of carbonyl (C=O) groups excluding carboxylic acids is 1. The third-order valence-electron chi connectivity index (χ3n) is 3.80. The van der Waals surface area contributed by atoms with Gasteiger partial charge in [-0.15, -0.1) is 0 Å². The number of amides is 1. The minimum absolute atomic E-state index is 0.189. The fraction of sp³-hybridized carbons (Fsp3) is 0.263. The molecule has 0 aliphatic carbocycles. The molecule has 132 valence electrons. The predicted octanol–water partition coefficient (Wildman–Crippen LogP) is 2.51. The van der Waals surface area contributed by atoms with E-state index in [-0.39, 0.29) is 11.7 Å². The Balaban J connectivity index is 1.95. The second-order valence-corrected chi connectivity index (χ2v) is 6.07. The highest BCUT2D eigenvalue weighted by Crippen LogP contribution is 2.17. The van der Waals surface area contributed by atoms with Crippen molar-refractivity contribution in [2.75, 3.05) is 19.4 Å². The molecule has 1 unspecified atom stereocenters. The highest BCUT2D eigenvalue weighted by atomic mass is 16.3. The van der Waals surface area contributed by atoms with Crippen molar-refractivity contribution in [3.05, 3.63) is 54.1 Å². The number of aliphatic imine (C=N–C) groups is 1. The van der Waals surface area contributed by atoms with Crippen LogP contribution in [0.4, 0.5) is 11.4 Å². The van der Waals surface area contributed by atoms with Gasteiger partial charge in [-0.3, -0.25) is 4.79 Å². The van der Waals surface area contributed by atoms with Crippen LogP contribution in [-0.2, 0) is 11.2 Å². The van der Waals surface area contributed by atoms with E-state index in [1.807, 2.05) is 38.1 Å². The first-order valence-corrected chi connectivity index (χ1v) is 8.02. The molecule has 0 saturated carbocycles. The van der Waals surface area contributed by atoms with Crippen LogP contribution in [0.25, 0.3) is 0 Å². The molecule has 0 aromatic heterocycles.